The highest BCUT2D eigenvalue weighted by Gasteiger charge is 2.34. The number of aliphatic hydroxyl groups excluding tert-OH is 1. The highest BCUT2D eigenvalue weighted by atomic mass is 16.5. The third kappa shape index (κ3) is 3.50. The lowest BCUT2D eigenvalue weighted by molar-refractivity contribution is -0.143. The van der Waals surface area contributed by atoms with Crippen LogP contribution in [0.1, 0.15) is 39.5 Å². The lowest BCUT2D eigenvalue weighted by atomic mass is 9.93. The van der Waals surface area contributed by atoms with E-state index in [9.17, 15) is 14.7 Å². The Balaban J connectivity index is 2.04. The number of rotatable bonds is 4. The number of ether oxygens (including phenoxy) is 2. The Bertz CT molecular complexity index is 421. The van der Waals surface area contributed by atoms with Crippen LogP contribution in [0.3, 0.4) is 0 Å². The Hall–Kier alpha value is -1.56. The molecule has 0 amide bonds. The Kier molecular flexibility index (Phi) is 4.65. The van der Waals surface area contributed by atoms with Crippen molar-refractivity contribution in [2.24, 2.45) is 0 Å². The first-order valence-corrected chi connectivity index (χ1v) is 7.03. The second-order valence-electron chi connectivity index (χ2n) is 5.52. The van der Waals surface area contributed by atoms with Crippen LogP contribution >= 0.6 is 0 Å². The van der Waals surface area contributed by atoms with Crippen LogP contribution < -0.4 is 5.32 Å². The van der Waals surface area contributed by atoms with E-state index >= 15 is 0 Å². The predicted molar refractivity (Wildman–Crippen MR) is 70.6 cm³/mol. The summed E-state index contributed by atoms with van der Waals surface area (Å²) in [6.07, 6.45) is 2.46. The van der Waals surface area contributed by atoms with E-state index < -0.39 is 5.97 Å². The van der Waals surface area contributed by atoms with Crippen LogP contribution in [0.4, 0.5) is 0 Å². The van der Waals surface area contributed by atoms with E-state index in [0.29, 0.717) is 12.8 Å². The molecule has 1 heterocycles. The maximum Gasteiger partial charge on any atom is 0.347 e. The van der Waals surface area contributed by atoms with E-state index in [-0.39, 0.29) is 42.1 Å². The van der Waals surface area contributed by atoms with Gasteiger partial charge in [0.15, 0.2) is 12.2 Å². The number of Topliss-reactive ketones (excluding diaryl/α,β-unsaturated/α-hetero) is 1. The maximum absolute atomic E-state index is 11.9. The summed E-state index contributed by atoms with van der Waals surface area (Å²) in [6, 6.07) is 0.112. The van der Waals surface area contributed by atoms with E-state index in [4.69, 9.17) is 9.47 Å². The Labute approximate surface area is 118 Å². The lowest BCUT2D eigenvalue weighted by Crippen LogP contribution is -2.35. The minimum Gasteiger partial charge on any atom is -0.470 e. The smallest absolute Gasteiger partial charge is 0.347 e. The van der Waals surface area contributed by atoms with Crippen molar-refractivity contribution in [2.45, 2.75) is 57.8 Å². The van der Waals surface area contributed by atoms with Crippen molar-refractivity contribution in [3.05, 3.63) is 11.5 Å². The summed E-state index contributed by atoms with van der Waals surface area (Å²) in [7, 11) is 0. The molecular weight excluding hydrogens is 262 g/mol. The molecule has 1 aliphatic heterocycles. The molecule has 0 unspecified atom stereocenters. The van der Waals surface area contributed by atoms with Crippen LogP contribution in [-0.2, 0) is 19.1 Å². The van der Waals surface area contributed by atoms with Crippen molar-refractivity contribution in [1.29, 1.82) is 0 Å². The summed E-state index contributed by atoms with van der Waals surface area (Å²) in [5.41, 5.74) is -0.0233. The zero-order valence-electron chi connectivity index (χ0n) is 11.8. The predicted octanol–water partition coefficient (Wildman–Crippen LogP) is 0.642. The van der Waals surface area contributed by atoms with Crippen LogP contribution in [0, 0.1) is 0 Å². The van der Waals surface area contributed by atoms with Crippen molar-refractivity contribution < 1.29 is 24.2 Å². The van der Waals surface area contributed by atoms with Crippen molar-refractivity contribution >= 4 is 11.8 Å². The molecule has 0 atom stereocenters. The van der Waals surface area contributed by atoms with Gasteiger partial charge in [0.05, 0.1) is 12.2 Å². The molecule has 2 N–H and O–H groups in total. The van der Waals surface area contributed by atoms with Crippen LogP contribution in [0.25, 0.3) is 0 Å². The molecule has 0 aromatic carbocycles. The molecule has 0 spiro atoms. The van der Waals surface area contributed by atoms with Gasteiger partial charge in [0.2, 0.25) is 11.7 Å². The molecule has 2 aliphatic rings. The number of ketones is 1. The van der Waals surface area contributed by atoms with Crippen molar-refractivity contribution in [3.8, 4) is 0 Å². The molecule has 0 aromatic rings. The average molecular weight is 283 g/mol. The van der Waals surface area contributed by atoms with Gasteiger partial charge in [-0.1, -0.05) is 0 Å². The topological polar surface area (TPSA) is 84.9 Å². The van der Waals surface area contributed by atoms with Gasteiger partial charge in [-0.2, -0.15) is 0 Å². The van der Waals surface area contributed by atoms with Gasteiger partial charge in [-0.05, 0) is 39.5 Å². The maximum atomic E-state index is 11.9. The summed E-state index contributed by atoms with van der Waals surface area (Å²) >= 11 is 0. The second kappa shape index (κ2) is 6.26. The number of carbonyl (C=O) groups is 2. The Morgan fingerprint density at radius 3 is 2.60 bits per heavy atom. The average Bonchev–Trinajstić information content (AvgIpc) is 2.72. The third-order valence-electron chi connectivity index (χ3n) is 3.43. The van der Waals surface area contributed by atoms with E-state index in [1.165, 1.54) is 0 Å². The number of hydrogen-bond acceptors (Lipinski definition) is 6. The molecule has 0 aromatic heterocycles. The van der Waals surface area contributed by atoms with Gasteiger partial charge < -0.3 is 19.9 Å². The first kappa shape index (κ1) is 14.8. The summed E-state index contributed by atoms with van der Waals surface area (Å²) in [6.45, 7) is 3.34. The number of carbonyl (C=O) groups excluding carboxylic acids is 2. The van der Waals surface area contributed by atoms with Crippen LogP contribution in [-0.4, -0.2) is 41.7 Å². The normalized spacial score (nSPS) is 26.7. The monoisotopic (exact) mass is 283 g/mol. The van der Waals surface area contributed by atoms with Gasteiger partial charge in [0.25, 0.3) is 0 Å². The highest BCUT2D eigenvalue weighted by Crippen LogP contribution is 2.22. The molecule has 1 aliphatic carbocycles. The SMILES string of the molecule is CC(C)OC(=O)C1=C(NC2CCC(O)CC2)OCC1=O. The molecule has 0 bridgehead atoms. The molecule has 0 radical (unpaired) electrons. The summed E-state index contributed by atoms with van der Waals surface area (Å²) in [4.78, 5) is 23.6. The van der Waals surface area contributed by atoms with Gasteiger partial charge in [0, 0.05) is 6.04 Å². The van der Waals surface area contributed by atoms with Gasteiger partial charge in [-0.3, -0.25) is 4.79 Å². The molecule has 1 fully saturated rings. The summed E-state index contributed by atoms with van der Waals surface area (Å²) in [5.74, 6) is -0.767. The number of nitrogens with one attached hydrogen (secondary N) is 1. The fourth-order valence-corrected chi connectivity index (χ4v) is 2.41. The largest absolute Gasteiger partial charge is 0.470 e. The van der Waals surface area contributed by atoms with E-state index in [0.717, 1.165) is 12.8 Å². The molecule has 1 saturated carbocycles. The fraction of sp³-hybridized carbons (Fsp3) is 0.714. The quantitative estimate of drug-likeness (QED) is 0.582. The van der Waals surface area contributed by atoms with Crippen molar-refractivity contribution in [3.63, 3.8) is 0 Å². The summed E-state index contributed by atoms with van der Waals surface area (Å²) < 4.78 is 10.3. The minimum atomic E-state index is -0.638. The van der Waals surface area contributed by atoms with Gasteiger partial charge in [-0.25, -0.2) is 4.79 Å². The van der Waals surface area contributed by atoms with Gasteiger partial charge >= 0.3 is 5.97 Å². The van der Waals surface area contributed by atoms with E-state index in [1.807, 2.05) is 0 Å². The number of aliphatic hydroxyl groups is 1. The zero-order valence-corrected chi connectivity index (χ0v) is 11.8. The van der Waals surface area contributed by atoms with Crippen LogP contribution in [0.15, 0.2) is 11.5 Å². The van der Waals surface area contributed by atoms with Crippen molar-refractivity contribution in [1.82, 2.24) is 5.32 Å². The molecule has 20 heavy (non-hydrogen) atoms. The first-order valence-electron chi connectivity index (χ1n) is 7.03. The molecule has 6 heteroatoms. The van der Waals surface area contributed by atoms with E-state index in [1.54, 1.807) is 13.8 Å². The molecule has 0 saturated heterocycles. The highest BCUT2D eigenvalue weighted by molar-refractivity contribution is 6.19. The first-order chi connectivity index (χ1) is 9.47. The van der Waals surface area contributed by atoms with Gasteiger partial charge in [0.1, 0.15) is 0 Å². The zero-order chi connectivity index (χ0) is 14.7. The molecule has 6 nitrogen and oxygen atoms in total. The van der Waals surface area contributed by atoms with E-state index in [2.05, 4.69) is 5.32 Å². The molecular formula is C14H21NO5. The molecule has 2 rings (SSSR count). The number of esters is 1. The van der Waals surface area contributed by atoms with Crippen LogP contribution in [0.2, 0.25) is 0 Å². The number of hydrogen-bond donors (Lipinski definition) is 2. The standard InChI is InChI=1S/C14H21NO5/c1-8(2)20-14(18)12-11(17)7-19-13(12)15-9-3-5-10(16)6-4-9/h8-10,15-16H,3-7H2,1-2H3. The third-order valence-corrected chi connectivity index (χ3v) is 3.43. The fourth-order valence-electron chi connectivity index (χ4n) is 2.41. The second-order valence-corrected chi connectivity index (χ2v) is 5.52. The lowest BCUT2D eigenvalue weighted by Gasteiger charge is -2.27. The Morgan fingerprint density at radius 2 is 2.00 bits per heavy atom. The van der Waals surface area contributed by atoms with Crippen molar-refractivity contribution in [2.75, 3.05) is 6.61 Å². The Morgan fingerprint density at radius 1 is 1.35 bits per heavy atom. The van der Waals surface area contributed by atoms with Gasteiger partial charge in [-0.15, -0.1) is 0 Å². The molecule has 112 valence electrons. The summed E-state index contributed by atoms with van der Waals surface area (Å²) in [5, 5.41) is 12.6. The minimum absolute atomic E-state index is 0.0233. The van der Waals surface area contributed by atoms with Crippen LogP contribution in [0.5, 0.6) is 0 Å².